The van der Waals surface area contributed by atoms with Gasteiger partial charge in [-0.05, 0) is 20.8 Å². The van der Waals surface area contributed by atoms with Gasteiger partial charge in [0.2, 0.25) is 5.91 Å². The van der Waals surface area contributed by atoms with Crippen molar-refractivity contribution in [2.45, 2.75) is 52.9 Å². The quantitative estimate of drug-likeness (QED) is 0.670. The molecule has 0 aromatic rings. The van der Waals surface area contributed by atoms with E-state index >= 15 is 0 Å². The third-order valence-corrected chi connectivity index (χ3v) is 1.76. The van der Waals surface area contributed by atoms with E-state index in [0.29, 0.717) is 0 Å². The fourth-order valence-corrected chi connectivity index (χ4v) is 1.03. The van der Waals surface area contributed by atoms with Gasteiger partial charge in [0.05, 0.1) is 5.60 Å². The lowest BCUT2D eigenvalue weighted by molar-refractivity contribution is -0.216. The van der Waals surface area contributed by atoms with Gasteiger partial charge in [0.25, 0.3) is 0 Å². The standard InChI is InChI=1S/C10H21NO3/c1-9(2,3)14-8(13)10(4,5)6-7(11)12/h8,13H,6H2,1-5H3,(H2,11,12). The number of nitrogens with two attached hydrogens (primary N) is 1. The first kappa shape index (κ1) is 13.4. The van der Waals surface area contributed by atoms with Crippen LogP contribution in [0, 0.1) is 5.41 Å². The highest BCUT2D eigenvalue weighted by atomic mass is 16.6. The van der Waals surface area contributed by atoms with Gasteiger partial charge < -0.3 is 15.6 Å². The smallest absolute Gasteiger partial charge is 0.218 e. The van der Waals surface area contributed by atoms with E-state index < -0.39 is 23.2 Å². The molecule has 0 heterocycles. The summed E-state index contributed by atoms with van der Waals surface area (Å²) >= 11 is 0. The number of aliphatic hydroxyl groups is 1. The van der Waals surface area contributed by atoms with Crippen molar-refractivity contribution >= 4 is 5.91 Å². The SMILES string of the molecule is CC(C)(C)OC(O)C(C)(C)CC(N)=O. The summed E-state index contributed by atoms with van der Waals surface area (Å²) in [6.07, 6.45) is -0.889. The Hall–Kier alpha value is -0.610. The van der Waals surface area contributed by atoms with E-state index in [4.69, 9.17) is 10.5 Å². The molecular formula is C10H21NO3. The Balaban J connectivity index is 4.35. The summed E-state index contributed by atoms with van der Waals surface area (Å²) in [4.78, 5) is 10.7. The average molecular weight is 203 g/mol. The van der Waals surface area contributed by atoms with Crippen molar-refractivity contribution < 1.29 is 14.6 Å². The number of primary amides is 1. The second kappa shape index (κ2) is 4.28. The third kappa shape index (κ3) is 5.19. The van der Waals surface area contributed by atoms with Crippen LogP contribution in [-0.4, -0.2) is 22.9 Å². The molecule has 14 heavy (non-hydrogen) atoms. The highest BCUT2D eigenvalue weighted by Crippen LogP contribution is 2.28. The first-order valence-corrected chi connectivity index (χ1v) is 4.69. The van der Waals surface area contributed by atoms with E-state index in [1.807, 2.05) is 20.8 Å². The van der Waals surface area contributed by atoms with Crippen molar-refractivity contribution in [2.24, 2.45) is 11.1 Å². The molecule has 0 fully saturated rings. The number of amides is 1. The van der Waals surface area contributed by atoms with E-state index in [0.717, 1.165) is 0 Å². The summed E-state index contributed by atoms with van der Waals surface area (Å²) in [6, 6.07) is 0. The number of carbonyl (C=O) groups is 1. The molecule has 0 bridgehead atoms. The fourth-order valence-electron chi connectivity index (χ4n) is 1.03. The molecule has 0 aromatic carbocycles. The molecule has 0 aliphatic carbocycles. The van der Waals surface area contributed by atoms with Gasteiger partial charge in [-0.2, -0.15) is 0 Å². The molecular weight excluding hydrogens is 182 g/mol. The van der Waals surface area contributed by atoms with Crippen molar-refractivity contribution in [3.05, 3.63) is 0 Å². The molecule has 0 aliphatic rings. The second-order valence-corrected chi connectivity index (χ2v) is 5.21. The number of aliphatic hydroxyl groups excluding tert-OH is 1. The number of ether oxygens (including phenoxy) is 1. The molecule has 0 saturated heterocycles. The van der Waals surface area contributed by atoms with Crippen LogP contribution < -0.4 is 5.73 Å². The van der Waals surface area contributed by atoms with Crippen molar-refractivity contribution in [3.8, 4) is 0 Å². The summed E-state index contributed by atoms with van der Waals surface area (Å²) in [5, 5.41) is 9.73. The average Bonchev–Trinajstić information content (AvgIpc) is 1.79. The van der Waals surface area contributed by atoms with Gasteiger partial charge >= 0.3 is 0 Å². The Morgan fingerprint density at radius 1 is 1.36 bits per heavy atom. The number of hydrogen-bond acceptors (Lipinski definition) is 3. The Kier molecular flexibility index (Phi) is 4.09. The van der Waals surface area contributed by atoms with Crippen LogP contribution in [0.1, 0.15) is 41.0 Å². The molecule has 0 aliphatic heterocycles. The Morgan fingerprint density at radius 3 is 2.07 bits per heavy atom. The third-order valence-electron chi connectivity index (χ3n) is 1.76. The molecule has 1 amide bonds. The molecule has 0 aromatic heterocycles. The maximum atomic E-state index is 10.7. The highest BCUT2D eigenvalue weighted by molar-refractivity contribution is 5.74. The van der Waals surface area contributed by atoms with Crippen molar-refractivity contribution in [1.82, 2.24) is 0 Å². The molecule has 0 saturated carbocycles. The van der Waals surface area contributed by atoms with Crippen LogP contribution in [0.4, 0.5) is 0 Å². The lowest BCUT2D eigenvalue weighted by Crippen LogP contribution is -2.40. The van der Waals surface area contributed by atoms with E-state index in [9.17, 15) is 9.90 Å². The van der Waals surface area contributed by atoms with Gasteiger partial charge in [-0.1, -0.05) is 13.8 Å². The van der Waals surface area contributed by atoms with Crippen molar-refractivity contribution in [2.75, 3.05) is 0 Å². The van der Waals surface area contributed by atoms with Gasteiger partial charge in [0.15, 0.2) is 6.29 Å². The van der Waals surface area contributed by atoms with Crippen LogP contribution >= 0.6 is 0 Å². The maximum Gasteiger partial charge on any atom is 0.218 e. The zero-order valence-corrected chi connectivity index (χ0v) is 9.63. The predicted octanol–water partition coefficient (Wildman–Crippen LogP) is 1.02. The van der Waals surface area contributed by atoms with Crippen molar-refractivity contribution in [1.29, 1.82) is 0 Å². The van der Waals surface area contributed by atoms with Gasteiger partial charge in [-0.3, -0.25) is 4.79 Å². The molecule has 0 rings (SSSR count). The molecule has 84 valence electrons. The molecule has 4 nitrogen and oxygen atoms in total. The topological polar surface area (TPSA) is 72.6 Å². The second-order valence-electron chi connectivity index (χ2n) is 5.21. The molecule has 1 unspecified atom stereocenters. The van der Waals surface area contributed by atoms with Crippen LogP contribution in [0.15, 0.2) is 0 Å². The zero-order valence-electron chi connectivity index (χ0n) is 9.63. The summed E-state index contributed by atoms with van der Waals surface area (Å²) in [7, 11) is 0. The Bertz CT molecular complexity index is 206. The van der Waals surface area contributed by atoms with Crippen molar-refractivity contribution in [3.63, 3.8) is 0 Å². The summed E-state index contributed by atoms with van der Waals surface area (Å²) in [6.45, 7) is 9.02. The minimum atomic E-state index is -0.991. The normalized spacial score (nSPS) is 15.3. The molecule has 0 spiro atoms. The monoisotopic (exact) mass is 203 g/mol. The number of rotatable bonds is 4. The zero-order chi connectivity index (χ0) is 11.6. The van der Waals surface area contributed by atoms with E-state index in [1.54, 1.807) is 13.8 Å². The molecule has 1 atom stereocenters. The van der Waals surface area contributed by atoms with Crippen LogP contribution in [-0.2, 0) is 9.53 Å². The van der Waals surface area contributed by atoms with Crippen LogP contribution in [0.25, 0.3) is 0 Å². The minimum Gasteiger partial charge on any atom is -0.370 e. The summed E-state index contributed by atoms with van der Waals surface area (Å²) in [5.74, 6) is -0.438. The lowest BCUT2D eigenvalue weighted by Gasteiger charge is -2.34. The van der Waals surface area contributed by atoms with Crippen LogP contribution in [0.5, 0.6) is 0 Å². The summed E-state index contributed by atoms with van der Waals surface area (Å²) in [5.41, 5.74) is 3.98. The Morgan fingerprint density at radius 2 is 1.79 bits per heavy atom. The van der Waals surface area contributed by atoms with Crippen LogP contribution in [0.3, 0.4) is 0 Å². The number of hydrogen-bond donors (Lipinski definition) is 2. The van der Waals surface area contributed by atoms with Gasteiger partial charge in [0.1, 0.15) is 0 Å². The van der Waals surface area contributed by atoms with Gasteiger partial charge in [0, 0.05) is 11.8 Å². The fraction of sp³-hybridized carbons (Fsp3) is 0.900. The van der Waals surface area contributed by atoms with E-state index in [2.05, 4.69) is 0 Å². The number of carbonyl (C=O) groups excluding carboxylic acids is 1. The molecule has 4 heteroatoms. The van der Waals surface area contributed by atoms with Gasteiger partial charge in [-0.25, -0.2) is 0 Å². The van der Waals surface area contributed by atoms with Crippen LogP contribution in [0.2, 0.25) is 0 Å². The minimum absolute atomic E-state index is 0.101. The van der Waals surface area contributed by atoms with E-state index in [-0.39, 0.29) is 6.42 Å². The first-order chi connectivity index (χ1) is 6.04. The van der Waals surface area contributed by atoms with Gasteiger partial charge in [-0.15, -0.1) is 0 Å². The Labute approximate surface area is 85.4 Å². The molecule has 0 radical (unpaired) electrons. The molecule has 3 N–H and O–H groups in total. The van der Waals surface area contributed by atoms with E-state index in [1.165, 1.54) is 0 Å². The maximum absolute atomic E-state index is 10.7. The highest BCUT2D eigenvalue weighted by Gasteiger charge is 2.33. The first-order valence-electron chi connectivity index (χ1n) is 4.69. The predicted molar refractivity (Wildman–Crippen MR) is 54.4 cm³/mol. The summed E-state index contributed by atoms with van der Waals surface area (Å²) < 4.78 is 5.35. The lowest BCUT2D eigenvalue weighted by atomic mass is 9.88. The largest absolute Gasteiger partial charge is 0.370 e.